The van der Waals surface area contributed by atoms with Gasteiger partial charge in [-0.3, -0.25) is 0 Å². The van der Waals surface area contributed by atoms with Crippen molar-refractivity contribution in [2.24, 2.45) is 0 Å². The first-order chi connectivity index (χ1) is 14.5. The Bertz CT molecular complexity index is 1230. The summed E-state index contributed by atoms with van der Waals surface area (Å²) in [6.07, 6.45) is 5.13. The quantitative estimate of drug-likeness (QED) is 0.310. The van der Waals surface area contributed by atoms with E-state index in [9.17, 15) is 0 Å². The van der Waals surface area contributed by atoms with Crippen molar-refractivity contribution in [3.05, 3.63) is 117 Å². The molecule has 0 amide bonds. The lowest BCUT2D eigenvalue weighted by atomic mass is 9.91. The van der Waals surface area contributed by atoms with Crippen molar-refractivity contribution >= 4 is 33.1 Å². The average molecular weight is 409 g/mol. The van der Waals surface area contributed by atoms with Crippen LogP contribution in [0.5, 0.6) is 0 Å². The first kappa shape index (κ1) is 20.4. The lowest BCUT2D eigenvalue weighted by molar-refractivity contribution is 1.21. The molecule has 0 aliphatic rings. The maximum atomic E-state index is 4.58. The molecule has 0 radical (unpaired) electrons. The van der Waals surface area contributed by atoms with Crippen LogP contribution in [0, 0.1) is 20.8 Å². The molecule has 3 aromatic carbocycles. The molecule has 1 heteroatoms. The minimum absolute atomic E-state index is 0.915. The van der Waals surface area contributed by atoms with Gasteiger partial charge in [0.25, 0.3) is 0 Å². The van der Waals surface area contributed by atoms with Crippen molar-refractivity contribution in [1.82, 2.24) is 0 Å². The Kier molecular flexibility index (Phi) is 5.74. The molecule has 30 heavy (non-hydrogen) atoms. The van der Waals surface area contributed by atoms with Gasteiger partial charge >= 0.3 is 0 Å². The van der Waals surface area contributed by atoms with Crippen LogP contribution in [0.25, 0.3) is 21.7 Å². The highest BCUT2D eigenvalue weighted by Gasteiger charge is 2.18. The SMILES string of the molecule is C=C(c1sc2ccccc2c1Cc1ccc(/C=C/C)cc1)c1c(C)cc(C)cc1C. The van der Waals surface area contributed by atoms with Gasteiger partial charge in [0, 0.05) is 9.58 Å². The highest BCUT2D eigenvalue weighted by atomic mass is 32.1. The van der Waals surface area contributed by atoms with Crippen LogP contribution < -0.4 is 0 Å². The third-order valence-electron chi connectivity index (χ3n) is 5.67. The molecule has 0 aliphatic heterocycles. The second kappa shape index (κ2) is 8.45. The average Bonchev–Trinajstić information content (AvgIpc) is 3.07. The van der Waals surface area contributed by atoms with Crippen LogP contribution in [-0.2, 0) is 6.42 Å². The molecule has 0 aliphatic carbocycles. The van der Waals surface area contributed by atoms with Gasteiger partial charge in [-0.1, -0.05) is 78.9 Å². The van der Waals surface area contributed by atoms with Gasteiger partial charge in [-0.2, -0.15) is 0 Å². The Morgan fingerprint density at radius 2 is 1.60 bits per heavy atom. The van der Waals surface area contributed by atoms with E-state index >= 15 is 0 Å². The zero-order chi connectivity index (χ0) is 21.3. The smallest absolute Gasteiger partial charge is 0.0390 e. The van der Waals surface area contributed by atoms with Crippen molar-refractivity contribution in [3.63, 3.8) is 0 Å². The van der Waals surface area contributed by atoms with Crippen molar-refractivity contribution in [3.8, 4) is 0 Å². The van der Waals surface area contributed by atoms with Crippen LogP contribution in [0.1, 0.15) is 50.7 Å². The summed E-state index contributed by atoms with van der Waals surface area (Å²) in [5.41, 5.74) is 10.3. The maximum Gasteiger partial charge on any atom is 0.0390 e. The molecule has 1 aromatic heterocycles. The molecule has 0 nitrogen and oxygen atoms in total. The molecule has 0 saturated carbocycles. The van der Waals surface area contributed by atoms with E-state index in [1.807, 2.05) is 11.3 Å². The van der Waals surface area contributed by atoms with Crippen molar-refractivity contribution < 1.29 is 0 Å². The first-order valence-electron chi connectivity index (χ1n) is 10.5. The lowest BCUT2D eigenvalue weighted by Crippen LogP contribution is -1.97. The van der Waals surface area contributed by atoms with Crippen molar-refractivity contribution in [2.75, 3.05) is 0 Å². The number of hydrogen-bond acceptors (Lipinski definition) is 1. The Hall–Kier alpha value is -2.90. The van der Waals surface area contributed by atoms with E-state index < -0.39 is 0 Å². The van der Waals surface area contributed by atoms with Crippen LogP contribution in [0.3, 0.4) is 0 Å². The third kappa shape index (κ3) is 3.91. The van der Waals surface area contributed by atoms with Gasteiger partial charge in [0.2, 0.25) is 0 Å². The number of hydrogen-bond donors (Lipinski definition) is 0. The Labute approximate surface area is 184 Å². The van der Waals surface area contributed by atoms with Gasteiger partial charge in [-0.05, 0) is 84.5 Å². The molecule has 4 aromatic rings. The van der Waals surface area contributed by atoms with Gasteiger partial charge < -0.3 is 0 Å². The molecule has 0 bridgehead atoms. The molecule has 0 saturated heterocycles. The third-order valence-corrected chi connectivity index (χ3v) is 6.94. The fourth-order valence-electron chi connectivity index (χ4n) is 4.43. The van der Waals surface area contributed by atoms with Crippen LogP contribution in [-0.4, -0.2) is 0 Å². The van der Waals surface area contributed by atoms with E-state index in [2.05, 4.69) is 107 Å². The molecule has 1 heterocycles. The Morgan fingerprint density at radius 3 is 2.27 bits per heavy atom. The molecular weight excluding hydrogens is 380 g/mol. The number of rotatable bonds is 5. The van der Waals surface area contributed by atoms with Crippen LogP contribution in [0.15, 0.2) is 73.3 Å². The normalized spacial score (nSPS) is 11.5. The second-order valence-corrected chi connectivity index (χ2v) is 9.13. The summed E-state index contributed by atoms with van der Waals surface area (Å²) in [7, 11) is 0. The Balaban J connectivity index is 1.82. The number of fused-ring (bicyclic) bond motifs is 1. The lowest BCUT2D eigenvalue weighted by Gasteiger charge is -2.15. The van der Waals surface area contributed by atoms with E-state index in [0.717, 1.165) is 12.0 Å². The fraction of sp³-hybridized carbons (Fsp3) is 0.172. The summed E-state index contributed by atoms with van der Waals surface area (Å²) in [5, 5.41) is 1.35. The summed E-state index contributed by atoms with van der Waals surface area (Å²) in [4.78, 5) is 1.31. The summed E-state index contributed by atoms with van der Waals surface area (Å²) in [6, 6.07) is 22.2. The standard InChI is InChI=1S/C29H28S/c1-6-9-23-12-14-24(15-13-23)18-26-25-10-7-8-11-27(25)30-29(26)22(5)28-20(3)16-19(2)17-21(28)4/h6-17H,5,18H2,1-4H3/b9-6+. The van der Waals surface area contributed by atoms with Crippen LogP contribution in [0.2, 0.25) is 0 Å². The first-order valence-corrected chi connectivity index (χ1v) is 11.3. The number of aryl methyl sites for hydroxylation is 3. The summed E-state index contributed by atoms with van der Waals surface area (Å²) >= 11 is 1.87. The maximum absolute atomic E-state index is 4.58. The van der Waals surface area contributed by atoms with E-state index in [0.29, 0.717) is 0 Å². The summed E-state index contributed by atoms with van der Waals surface area (Å²) in [5.74, 6) is 0. The molecule has 0 N–H and O–H groups in total. The number of thiophene rings is 1. The molecular formula is C29H28S. The Morgan fingerprint density at radius 1 is 0.933 bits per heavy atom. The minimum atomic E-state index is 0.915. The van der Waals surface area contributed by atoms with Crippen LogP contribution in [0.4, 0.5) is 0 Å². The molecule has 4 rings (SSSR count). The second-order valence-electron chi connectivity index (χ2n) is 8.08. The predicted molar refractivity (Wildman–Crippen MR) is 135 cm³/mol. The largest absolute Gasteiger partial charge is 0.135 e. The monoisotopic (exact) mass is 408 g/mol. The van der Waals surface area contributed by atoms with Gasteiger partial charge in [0.05, 0.1) is 0 Å². The molecule has 0 spiro atoms. The minimum Gasteiger partial charge on any atom is -0.135 e. The van der Waals surface area contributed by atoms with E-state index in [-0.39, 0.29) is 0 Å². The van der Waals surface area contributed by atoms with Crippen molar-refractivity contribution in [2.45, 2.75) is 34.1 Å². The summed E-state index contributed by atoms with van der Waals surface area (Å²) in [6.45, 7) is 13.2. The number of benzene rings is 3. The van der Waals surface area contributed by atoms with E-state index in [1.54, 1.807) is 0 Å². The van der Waals surface area contributed by atoms with E-state index in [1.165, 1.54) is 53.9 Å². The highest BCUT2D eigenvalue weighted by molar-refractivity contribution is 7.20. The van der Waals surface area contributed by atoms with Gasteiger partial charge in [-0.15, -0.1) is 11.3 Å². The molecule has 0 fully saturated rings. The van der Waals surface area contributed by atoms with Gasteiger partial charge in [0.1, 0.15) is 0 Å². The van der Waals surface area contributed by atoms with E-state index in [4.69, 9.17) is 0 Å². The van der Waals surface area contributed by atoms with Gasteiger partial charge in [-0.25, -0.2) is 0 Å². The highest BCUT2D eigenvalue weighted by Crippen LogP contribution is 2.40. The molecule has 0 unspecified atom stereocenters. The van der Waals surface area contributed by atoms with Crippen LogP contribution >= 0.6 is 11.3 Å². The zero-order valence-electron chi connectivity index (χ0n) is 18.3. The predicted octanol–water partition coefficient (Wildman–Crippen LogP) is 8.51. The van der Waals surface area contributed by atoms with Gasteiger partial charge in [0.15, 0.2) is 0 Å². The number of allylic oxidation sites excluding steroid dienone is 1. The summed E-state index contributed by atoms with van der Waals surface area (Å²) < 4.78 is 1.33. The topological polar surface area (TPSA) is 0 Å². The molecule has 150 valence electrons. The fourth-order valence-corrected chi connectivity index (χ4v) is 5.63. The van der Waals surface area contributed by atoms with Crippen molar-refractivity contribution in [1.29, 1.82) is 0 Å². The molecule has 0 atom stereocenters. The zero-order valence-corrected chi connectivity index (χ0v) is 19.1.